The molecular weight excluding hydrogens is 968 g/mol. The van der Waals surface area contributed by atoms with Gasteiger partial charge >= 0.3 is 411 Å². The molecule has 0 radical (unpaired) electrons. The minimum absolute atomic E-state index is 0.0856. The Morgan fingerprint density at radius 3 is 1.22 bits per heavy atom. The fourth-order valence-corrected chi connectivity index (χ4v) is 58.5. The van der Waals surface area contributed by atoms with Crippen LogP contribution in [0, 0.1) is 74.0 Å². The van der Waals surface area contributed by atoms with E-state index in [9.17, 15) is 30.2 Å². The van der Waals surface area contributed by atoms with Crippen molar-refractivity contribution < 1.29 is 28.7 Å². The topological polar surface area (TPSA) is 0 Å². The predicted octanol–water partition coefficient (Wildman–Crippen LogP) is 18.3. The quantitative estimate of drug-likeness (QED) is 0.131. The Morgan fingerprint density at radius 2 is 0.896 bits per heavy atom. The molecule has 0 saturated heterocycles. The fourth-order valence-electron chi connectivity index (χ4n) is 18.6. The molecule has 8 fully saturated rings. The second-order valence-electron chi connectivity index (χ2n) is 25.1. The zero-order valence-electron chi connectivity index (χ0n) is 40.5. The molecule has 0 heterocycles. The van der Waals surface area contributed by atoms with Crippen LogP contribution in [0.2, 0.25) is 12.6 Å². The van der Waals surface area contributed by atoms with Gasteiger partial charge in [-0.3, -0.25) is 0 Å². The van der Waals surface area contributed by atoms with E-state index >= 15 is 0 Å². The summed E-state index contributed by atoms with van der Waals surface area (Å²) < 4.78 is 44.0. The fraction of sp³-hybridized carbons (Fsp3) is 0.533. The Labute approximate surface area is 407 Å². The maximum absolute atomic E-state index is 14.8. The molecule has 0 nitrogen and oxygen atoms in total. The third kappa shape index (κ3) is 7.89. The van der Waals surface area contributed by atoms with Gasteiger partial charge in [-0.05, 0) is 0 Å². The van der Waals surface area contributed by atoms with E-state index in [-0.39, 0.29) is 24.1 Å². The molecule has 8 saturated carbocycles. The molecule has 4 aromatic carbocycles. The van der Waals surface area contributed by atoms with Crippen LogP contribution in [-0.2, 0) is 15.6 Å². The summed E-state index contributed by atoms with van der Waals surface area (Å²) in [4.78, 5) is 0. The standard InChI is InChI=1S/2C28H31.C4H8F3Si.2ClH.Zr/c2*1-18-6-19(2)8-25(7-18)26-5-3-4-24-12-23(13-27(24)26)17-28-14-20-9-21(15-28)11-22(10-20)16-28;1-8-3-2-4(5,6)7;;;/h2*3-8,12-13,20-22H,9-11,14-17H2,1-2H3;8H,2-3H2,1H3;2*1H;/q;;;;;+2/p-2. The van der Waals surface area contributed by atoms with Crippen molar-refractivity contribution in [2.75, 3.05) is 0 Å². The van der Waals surface area contributed by atoms with Crippen LogP contribution in [0.4, 0.5) is 13.2 Å². The van der Waals surface area contributed by atoms with Gasteiger partial charge < -0.3 is 0 Å². The van der Waals surface area contributed by atoms with Gasteiger partial charge in [-0.1, -0.05) is 0 Å². The molecular formula is C60H70Cl2F3SiZr. The van der Waals surface area contributed by atoms with Gasteiger partial charge in [-0.2, -0.15) is 0 Å². The van der Waals surface area contributed by atoms with E-state index in [1.54, 1.807) is 0 Å². The SMILES string of the molecule is Cc1cc(C)cc(-c2cccc3c2C=C(CC24CC5CC(CC(C5)C2)C4)[CH]3[Zr]([Cl])([Cl])([CH]2C(CC34CC5CC(CC(C5)C3)C4)=Cc3c(-c4cc(C)cc(C)c4)cccc32)[SiH](C)CCC(F)(F)F)c1. The molecule has 14 rings (SSSR count). The Morgan fingerprint density at radius 1 is 0.552 bits per heavy atom. The first kappa shape index (κ1) is 45.9. The summed E-state index contributed by atoms with van der Waals surface area (Å²) >= 11 is -5.83. The number of hydrogen-bond acceptors (Lipinski definition) is 0. The molecule has 0 amide bonds. The van der Waals surface area contributed by atoms with Crippen LogP contribution in [0.15, 0.2) is 83.9 Å². The Balaban J connectivity index is 1.09. The number of allylic oxidation sites excluding steroid dienone is 2. The van der Waals surface area contributed by atoms with E-state index in [2.05, 4.69) is 119 Å². The van der Waals surface area contributed by atoms with Crippen molar-refractivity contribution in [3.8, 4) is 22.3 Å². The van der Waals surface area contributed by atoms with Crippen molar-refractivity contribution in [3.05, 3.63) is 128 Å². The van der Waals surface area contributed by atoms with E-state index in [1.165, 1.54) is 155 Å². The van der Waals surface area contributed by atoms with Crippen molar-refractivity contribution in [2.45, 2.75) is 150 Å². The third-order valence-electron chi connectivity index (χ3n) is 19.8. The molecule has 0 N–H and O–H groups in total. The van der Waals surface area contributed by atoms with Crippen molar-refractivity contribution in [1.29, 1.82) is 0 Å². The van der Waals surface area contributed by atoms with Crippen LogP contribution in [-0.4, -0.2) is 12.1 Å². The second kappa shape index (κ2) is 16.2. The summed E-state index contributed by atoms with van der Waals surface area (Å²) in [5.74, 6) is 2.12. The van der Waals surface area contributed by atoms with E-state index in [1.807, 2.05) is 0 Å². The normalized spacial score (nSPS) is 33.3. The van der Waals surface area contributed by atoms with Crippen LogP contribution in [0.5, 0.6) is 0 Å². The van der Waals surface area contributed by atoms with Gasteiger partial charge in [0.15, 0.2) is 0 Å². The first-order chi connectivity index (χ1) is 31.8. The maximum atomic E-state index is 14.8. The molecule has 67 heavy (non-hydrogen) atoms. The monoisotopic (exact) mass is 1040 g/mol. The molecule has 3 unspecified atom stereocenters. The molecule has 0 aromatic heterocycles. The zero-order chi connectivity index (χ0) is 46.4. The molecule has 10 aliphatic rings. The zero-order valence-corrected chi connectivity index (χ0v) is 45.6. The average Bonchev–Trinajstić information content (AvgIpc) is 3.79. The average molecular weight is 1040 g/mol. The second-order valence-corrected chi connectivity index (χ2v) is 66.5. The number of alkyl halides is 3. The number of aryl methyl sites for hydroxylation is 4. The van der Waals surface area contributed by atoms with Gasteiger partial charge in [0.1, 0.15) is 0 Å². The molecule has 10 aliphatic carbocycles. The molecule has 0 aliphatic heterocycles. The summed E-state index contributed by atoms with van der Waals surface area (Å²) in [6.07, 6.45) is 17.8. The number of rotatable bonds is 11. The van der Waals surface area contributed by atoms with Crippen molar-refractivity contribution >= 4 is 35.1 Å². The Bertz CT molecular complexity index is 2460. The molecule has 7 heteroatoms. The third-order valence-corrected chi connectivity index (χ3v) is 69.9. The van der Waals surface area contributed by atoms with E-state index in [4.69, 9.17) is 0 Å². The van der Waals surface area contributed by atoms with Crippen molar-refractivity contribution in [1.82, 2.24) is 0 Å². The van der Waals surface area contributed by atoms with Gasteiger partial charge in [-0.15, -0.1) is 0 Å². The van der Waals surface area contributed by atoms with Gasteiger partial charge in [0.25, 0.3) is 0 Å². The molecule has 8 bridgehead atoms. The van der Waals surface area contributed by atoms with E-state index in [0.29, 0.717) is 0 Å². The van der Waals surface area contributed by atoms with Crippen LogP contribution in [0.3, 0.4) is 0 Å². The molecule has 353 valence electrons. The number of halogens is 5. The van der Waals surface area contributed by atoms with E-state index in [0.717, 1.165) is 48.3 Å². The van der Waals surface area contributed by atoms with Crippen LogP contribution >= 0.6 is 17.0 Å². The summed E-state index contributed by atoms with van der Waals surface area (Å²) in [6.45, 7) is 10.9. The van der Waals surface area contributed by atoms with Crippen molar-refractivity contribution in [3.63, 3.8) is 0 Å². The first-order valence-electron chi connectivity index (χ1n) is 26.3. The van der Waals surface area contributed by atoms with Crippen LogP contribution in [0.1, 0.15) is 148 Å². The van der Waals surface area contributed by atoms with Crippen molar-refractivity contribution in [2.24, 2.45) is 46.3 Å². The first-order valence-corrected chi connectivity index (χ1v) is 42.3. The van der Waals surface area contributed by atoms with Gasteiger partial charge in [-0.25, -0.2) is 0 Å². The molecule has 4 aromatic rings. The molecule has 3 atom stereocenters. The van der Waals surface area contributed by atoms with E-state index < -0.39 is 34.1 Å². The predicted molar refractivity (Wildman–Crippen MR) is 275 cm³/mol. The Hall–Kier alpha value is -2.17. The summed E-state index contributed by atoms with van der Waals surface area (Å²) in [5, 5.41) is 0. The van der Waals surface area contributed by atoms with Gasteiger partial charge in [0.2, 0.25) is 0 Å². The summed E-state index contributed by atoms with van der Waals surface area (Å²) in [6, 6.07) is 27.5. The number of benzene rings is 4. The summed E-state index contributed by atoms with van der Waals surface area (Å²) in [5.41, 5.74) is 17.8. The van der Waals surface area contributed by atoms with Crippen LogP contribution < -0.4 is 0 Å². The molecule has 0 spiro atoms. The van der Waals surface area contributed by atoms with Gasteiger partial charge in [0.05, 0.1) is 0 Å². The van der Waals surface area contributed by atoms with Crippen LogP contribution in [0.25, 0.3) is 34.4 Å². The number of hydrogen-bond donors (Lipinski definition) is 0. The van der Waals surface area contributed by atoms with Gasteiger partial charge in [0, 0.05) is 0 Å². The Kier molecular flexibility index (Phi) is 11.1. The minimum atomic E-state index is -5.83. The number of fused-ring (bicyclic) bond motifs is 2. The summed E-state index contributed by atoms with van der Waals surface area (Å²) in [7, 11) is 18.8.